The number of amides is 1. The second kappa shape index (κ2) is 9.34. The fourth-order valence-electron chi connectivity index (χ4n) is 2.54. The summed E-state index contributed by atoms with van der Waals surface area (Å²) in [4.78, 5) is 16.4. The van der Waals surface area contributed by atoms with Crippen molar-refractivity contribution in [2.24, 2.45) is 10.7 Å². The average Bonchev–Trinajstić information content (AvgIpc) is 2.87. The molecule has 0 spiro atoms. The van der Waals surface area contributed by atoms with E-state index in [2.05, 4.69) is 15.0 Å². The number of hydrogen-bond donors (Lipinski definition) is 3. The van der Waals surface area contributed by atoms with Crippen LogP contribution in [0.15, 0.2) is 34.2 Å². The molecule has 1 amide bonds. The summed E-state index contributed by atoms with van der Waals surface area (Å²) in [5.74, 6) is 0.276. The largest absolute Gasteiger partial charge is 0.354 e. The van der Waals surface area contributed by atoms with Gasteiger partial charge in [0, 0.05) is 30.6 Å². The molecule has 7 nitrogen and oxygen atoms in total. The Labute approximate surface area is 161 Å². The Bertz CT molecular complexity index is 761. The number of amidine groups is 1. The standard InChI is InChI=1S/C17H26N4O3S.ClH/c1-3-17(18,4-2)12-20-15(22)10-7-11-19-16-13-8-5-6-9-14(13)25(23,24)21-16;/h5-6,8-9H,3-4,7,10-12,18H2,1-2H3,(H,19,21)(H,20,22);1H. The molecule has 4 N–H and O–H groups in total. The van der Waals surface area contributed by atoms with Crippen molar-refractivity contribution in [3.8, 4) is 0 Å². The lowest BCUT2D eigenvalue weighted by molar-refractivity contribution is -0.121. The van der Waals surface area contributed by atoms with Gasteiger partial charge in [0.1, 0.15) is 5.84 Å². The first kappa shape index (κ1) is 22.4. The van der Waals surface area contributed by atoms with Crippen LogP contribution in [0.5, 0.6) is 0 Å². The summed E-state index contributed by atoms with van der Waals surface area (Å²) in [7, 11) is -3.51. The van der Waals surface area contributed by atoms with Crippen molar-refractivity contribution in [3.05, 3.63) is 29.8 Å². The Kier molecular flexibility index (Phi) is 8.05. The molecular formula is C17H27ClN4O3S. The third-order valence-electron chi connectivity index (χ3n) is 4.54. The fraction of sp³-hybridized carbons (Fsp3) is 0.529. The number of aliphatic imine (C=N–C) groups is 1. The molecule has 0 unspecified atom stereocenters. The molecule has 1 aromatic rings. The second-order valence-corrected chi connectivity index (χ2v) is 7.93. The van der Waals surface area contributed by atoms with E-state index in [0.717, 1.165) is 12.8 Å². The quantitative estimate of drug-likeness (QED) is 0.572. The second-order valence-electron chi connectivity index (χ2n) is 6.28. The first-order valence-corrected chi connectivity index (χ1v) is 10.0. The predicted octanol–water partition coefficient (Wildman–Crippen LogP) is 1.56. The summed E-state index contributed by atoms with van der Waals surface area (Å²) in [6.45, 7) is 4.84. The molecule has 0 saturated carbocycles. The van der Waals surface area contributed by atoms with Gasteiger partial charge >= 0.3 is 0 Å². The number of hydrogen-bond acceptors (Lipinski definition) is 5. The lowest BCUT2D eigenvalue weighted by Crippen LogP contribution is -2.49. The number of nitrogens with two attached hydrogens (primary N) is 1. The van der Waals surface area contributed by atoms with Crippen molar-refractivity contribution < 1.29 is 13.2 Å². The molecule has 0 aromatic heterocycles. The zero-order valence-electron chi connectivity index (χ0n) is 15.1. The molecule has 0 fully saturated rings. The third kappa shape index (κ3) is 5.43. The maximum Gasteiger partial charge on any atom is 0.263 e. The van der Waals surface area contributed by atoms with Crippen LogP contribution in [0, 0.1) is 0 Å². The molecule has 9 heteroatoms. The Hall–Kier alpha value is -1.64. The van der Waals surface area contributed by atoms with Crippen molar-refractivity contribution in [1.82, 2.24) is 10.0 Å². The van der Waals surface area contributed by atoms with Crippen molar-refractivity contribution in [1.29, 1.82) is 0 Å². The maximum atomic E-state index is 12.0. The molecule has 0 radical (unpaired) electrons. The number of rotatable bonds is 8. The highest BCUT2D eigenvalue weighted by molar-refractivity contribution is 7.90. The third-order valence-corrected chi connectivity index (χ3v) is 5.94. The molecule has 0 bridgehead atoms. The van der Waals surface area contributed by atoms with Gasteiger partial charge < -0.3 is 11.1 Å². The van der Waals surface area contributed by atoms with Crippen LogP contribution in [0.1, 0.15) is 45.1 Å². The van der Waals surface area contributed by atoms with Crippen LogP contribution in [-0.4, -0.2) is 38.8 Å². The van der Waals surface area contributed by atoms with E-state index in [1.165, 1.54) is 0 Å². The number of carbonyl (C=O) groups is 1. The lowest BCUT2D eigenvalue weighted by atomic mass is 9.94. The lowest BCUT2D eigenvalue weighted by Gasteiger charge is -2.26. The van der Waals surface area contributed by atoms with Crippen LogP contribution in [0.25, 0.3) is 0 Å². The van der Waals surface area contributed by atoms with E-state index < -0.39 is 10.0 Å². The highest BCUT2D eigenvalue weighted by atomic mass is 35.5. The molecular weight excluding hydrogens is 376 g/mol. The van der Waals surface area contributed by atoms with E-state index in [1.807, 2.05) is 13.8 Å². The van der Waals surface area contributed by atoms with Gasteiger partial charge in [-0.05, 0) is 31.4 Å². The minimum atomic E-state index is -3.51. The number of nitrogens with zero attached hydrogens (tertiary/aromatic N) is 1. The van der Waals surface area contributed by atoms with Crippen LogP contribution in [0.4, 0.5) is 0 Å². The van der Waals surface area contributed by atoms with E-state index in [-0.39, 0.29) is 28.7 Å². The first-order valence-electron chi connectivity index (χ1n) is 8.53. The van der Waals surface area contributed by atoms with Gasteiger partial charge in [-0.1, -0.05) is 26.0 Å². The number of carbonyl (C=O) groups excluding carboxylic acids is 1. The normalized spacial score (nSPS) is 16.5. The topological polar surface area (TPSA) is 114 Å². The van der Waals surface area contributed by atoms with Crippen LogP contribution < -0.4 is 15.8 Å². The van der Waals surface area contributed by atoms with Gasteiger partial charge in [-0.3, -0.25) is 14.5 Å². The minimum Gasteiger partial charge on any atom is -0.354 e. The van der Waals surface area contributed by atoms with Gasteiger partial charge in [0.05, 0.1) is 4.90 Å². The maximum absolute atomic E-state index is 12.0. The number of fused-ring (bicyclic) bond motifs is 1. The van der Waals surface area contributed by atoms with Gasteiger partial charge in [0.2, 0.25) is 5.91 Å². The molecule has 2 rings (SSSR count). The average molecular weight is 403 g/mol. The Morgan fingerprint density at radius 3 is 2.58 bits per heavy atom. The SMILES string of the molecule is CCC(N)(CC)CNC(=O)CCCN=C1NS(=O)(=O)c2ccccc21.Cl. The van der Waals surface area contributed by atoms with Gasteiger partial charge in [-0.25, -0.2) is 8.42 Å². The monoisotopic (exact) mass is 402 g/mol. The van der Waals surface area contributed by atoms with Crippen molar-refractivity contribution in [2.75, 3.05) is 13.1 Å². The molecule has 1 aliphatic rings. The van der Waals surface area contributed by atoms with Crippen molar-refractivity contribution in [3.63, 3.8) is 0 Å². The summed E-state index contributed by atoms with van der Waals surface area (Å²) in [5.41, 5.74) is 6.37. The van der Waals surface area contributed by atoms with Crippen molar-refractivity contribution in [2.45, 2.75) is 50.0 Å². The van der Waals surface area contributed by atoms with Crippen LogP contribution >= 0.6 is 12.4 Å². The first-order chi connectivity index (χ1) is 11.8. The highest BCUT2D eigenvalue weighted by Gasteiger charge is 2.29. The summed E-state index contributed by atoms with van der Waals surface area (Å²) in [5, 5.41) is 2.86. The molecule has 1 aliphatic heterocycles. The molecule has 26 heavy (non-hydrogen) atoms. The van der Waals surface area contributed by atoms with Gasteiger partial charge in [0.15, 0.2) is 0 Å². The Morgan fingerprint density at radius 2 is 1.92 bits per heavy atom. The number of nitrogens with one attached hydrogen (secondary N) is 2. The molecule has 1 aromatic carbocycles. The number of sulfonamides is 1. The zero-order chi connectivity index (χ0) is 18.5. The van der Waals surface area contributed by atoms with E-state index in [9.17, 15) is 13.2 Å². The summed E-state index contributed by atoms with van der Waals surface area (Å²) >= 11 is 0. The Balaban J connectivity index is 0.00000338. The zero-order valence-corrected chi connectivity index (χ0v) is 16.8. The number of halogens is 1. The van der Waals surface area contributed by atoms with Crippen LogP contribution in [0.2, 0.25) is 0 Å². The molecule has 0 aliphatic carbocycles. The van der Waals surface area contributed by atoms with Gasteiger partial charge in [-0.15, -0.1) is 12.4 Å². The highest BCUT2D eigenvalue weighted by Crippen LogP contribution is 2.22. The van der Waals surface area contributed by atoms with E-state index >= 15 is 0 Å². The summed E-state index contributed by atoms with van der Waals surface area (Å²) < 4.78 is 26.4. The van der Waals surface area contributed by atoms with E-state index in [1.54, 1.807) is 24.3 Å². The summed E-state index contributed by atoms with van der Waals surface area (Å²) in [6.07, 6.45) is 2.47. The fourth-order valence-corrected chi connectivity index (χ4v) is 3.80. The smallest absolute Gasteiger partial charge is 0.263 e. The van der Waals surface area contributed by atoms with Crippen molar-refractivity contribution >= 4 is 34.2 Å². The molecule has 0 atom stereocenters. The Morgan fingerprint density at radius 1 is 1.27 bits per heavy atom. The minimum absolute atomic E-state index is 0. The predicted molar refractivity (Wildman–Crippen MR) is 105 cm³/mol. The molecule has 146 valence electrons. The van der Waals surface area contributed by atoms with Crippen LogP contribution in [0.3, 0.4) is 0 Å². The van der Waals surface area contributed by atoms with E-state index in [0.29, 0.717) is 37.3 Å². The number of benzene rings is 1. The van der Waals surface area contributed by atoms with E-state index in [4.69, 9.17) is 5.73 Å². The molecule has 1 heterocycles. The van der Waals surface area contributed by atoms with Crippen LogP contribution in [-0.2, 0) is 14.8 Å². The molecule has 0 saturated heterocycles. The van der Waals surface area contributed by atoms with Gasteiger partial charge in [-0.2, -0.15) is 0 Å². The summed E-state index contributed by atoms with van der Waals surface area (Å²) in [6, 6.07) is 6.71. The van der Waals surface area contributed by atoms with Gasteiger partial charge in [0.25, 0.3) is 10.0 Å².